The number of nitrogens with zero attached hydrogens (tertiary/aromatic N) is 4. The molecule has 2 aliphatic heterocycles. The average molecular weight is 318 g/mol. The molecule has 0 aromatic carbocycles. The standard InChI is InChI=1S/C16H22N4OS/c17-13-14-15(20-5-1-2-6-20)3-4-18-16(14)22-12-9-19-7-10-21-11-8-19/h3-4H,1-2,5-12H2. The molecule has 0 radical (unpaired) electrons. The second-order valence-electron chi connectivity index (χ2n) is 5.62. The Labute approximate surface area is 136 Å². The smallest absolute Gasteiger partial charge is 0.116 e. The summed E-state index contributed by atoms with van der Waals surface area (Å²) < 4.78 is 5.36. The number of rotatable bonds is 5. The quantitative estimate of drug-likeness (QED) is 0.774. The molecule has 0 atom stereocenters. The van der Waals surface area contributed by atoms with Crippen LogP contribution in [0.15, 0.2) is 17.3 Å². The molecule has 0 N–H and O–H groups in total. The van der Waals surface area contributed by atoms with E-state index in [2.05, 4.69) is 20.9 Å². The van der Waals surface area contributed by atoms with E-state index < -0.39 is 0 Å². The van der Waals surface area contributed by atoms with Gasteiger partial charge in [-0.05, 0) is 18.9 Å². The van der Waals surface area contributed by atoms with Crippen LogP contribution in [-0.2, 0) is 4.74 Å². The van der Waals surface area contributed by atoms with E-state index in [4.69, 9.17) is 4.74 Å². The Morgan fingerprint density at radius 3 is 2.73 bits per heavy atom. The van der Waals surface area contributed by atoms with Gasteiger partial charge in [-0.15, -0.1) is 11.8 Å². The summed E-state index contributed by atoms with van der Waals surface area (Å²) in [6.45, 7) is 6.80. The molecule has 0 saturated carbocycles. The summed E-state index contributed by atoms with van der Waals surface area (Å²) in [6, 6.07) is 4.35. The molecule has 0 spiro atoms. The van der Waals surface area contributed by atoms with E-state index in [0.29, 0.717) is 0 Å². The maximum Gasteiger partial charge on any atom is 0.116 e. The molecule has 2 fully saturated rings. The number of ether oxygens (including phenoxy) is 1. The first-order chi connectivity index (χ1) is 10.9. The Morgan fingerprint density at radius 2 is 2.00 bits per heavy atom. The second-order valence-corrected chi connectivity index (χ2v) is 6.70. The van der Waals surface area contributed by atoms with Gasteiger partial charge in [-0.25, -0.2) is 4.98 Å². The normalized spacial score (nSPS) is 19.3. The summed E-state index contributed by atoms with van der Waals surface area (Å²) in [4.78, 5) is 9.16. The van der Waals surface area contributed by atoms with Gasteiger partial charge in [0, 0.05) is 44.7 Å². The van der Waals surface area contributed by atoms with Crippen LogP contribution in [0, 0.1) is 11.3 Å². The van der Waals surface area contributed by atoms with Gasteiger partial charge in [-0.2, -0.15) is 5.26 Å². The average Bonchev–Trinajstić information content (AvgIpc) is 3.10. The summed E-state index contributed by atoms with van der Waals surface area (Å²) in [7, 11) is 0. The largest absolute Gasteiger partial charge is 0.379 e. The lowest BCUT2D eigenvalue weighted by Crippen LogP contribution is -2.37. The zero-order valence-corrected chi connectivity index (χ0v) is 13.6. The topological polar surface area (TPSA) is 52.4 Å². The highest BCUT2D eigenvalue weighted by atomic mass is 32.2. The molecule has 22 heavy (non-hydrogen) atoms. The van der Waals surface area contributed by atoms with Crippen LogP contribution in [0.5, 0.6) is 0 Å². The Balaban J connectivity index is 1.62. The second kappa shape index (κ2) is 7.82. The summed E-state index contributed by atoms with van der Waals surface area (Å²) in [6.07, 6.45) is 4.27. The maximum absolute atomic E-state index is 9.55. The SMILES string of the molecule is N#Cc1c(N2CCCC2)ccnc1SCCN1CCOCC1. The number of hydrogen-bond donors (Lipinski definition) is 0. The van der Waals surface area contributed by atoms with Crippen molar-refractivity contribution >= 4 is 17.4 Å². The molecule has 1 aromatic heterocycles. The van der Waals surface area contributed by atoms with E-state index in [1.165, 1.54) is 12.8 Å². The maximum atomic E-state index is 9.55. The van der Waals surface area contributed by atoms with Gasteiger partial charge in [-0.3, -0.25) is 4.90 Å². The molecular weight excluding hydrogens is 296 g/mol. The Hall–Kier alpha value is -1.29. The number of nitriles is 1. The van der Waals surface area contributed by atoms with Crippen LogP contribution >= 0.6 is 11.8 Å². The molecular formula is C16H22N4OS. The number of morpholine rings is 1. The van der Waals surface area contributed by atoms with Crippen molar-refractivity contribution in [3.05, 3.63) is 17.8 Å². The van der Waals surface area contributed by atoms with E-state index in [1.54, 1.807) is 11.8 Å². The molecule has 0 amide bonds. The molecule has 3 rings (SSSR count). The highest BCUT2D eigenvalue weighted by Gasteiger charge is 2.19. The zero-order valence-electron chi connectivity index (χ0n) is 12.8. The minimum absolute atomic E-state index is 0.747. The van der Waals surface area contributed by atoms with Crippen LogP contribution in [0.25, 0.3) is 0 Å². The van der Waals surface area contributed by atoms with Gasteiger partial charge in [0.15, 0.2) is 0 Å². The van der Waals surface area contributed by atoms with E-state index >= 15 is 0 Å². The minimum Gasteiger partial charge on any atom is -0.379 e. The van der Waals surface area contributed by atoms with Crippen molar-refractivity contribution in [2.75, 3.05) is 56.6 Å². The lowest BCUT2D eigenvalue weighted by atomic mass is 10.2. The molecule has 2 saturated heterocycles. The molecule has 6 heteroatoms. The highest BCUT2D eigenvalue weighted by molar-refractivity contribution is 7.99. The number of pyridine rings is 1. The molecule has 0 aliphatic carbocycles. The fourth-order valence-electron chi connectivity index (χ4n) is 2.97. The fourth-order valence-corrected chi connectivity index (χ4v) is 3.94. The van der Waals surface area contributed by atoms with Gasteiger partial charge < -0.3 is 9.64 Å². The van der Waals surface area contributed by atoms with Crippen LogP contribution in [0.4, 0.5) is 5.69 Å². The minimum atomic E-state index is 0.747. The van der Waals surface area contributed by atoms with Crippen molar-refractivity contribution in [1.29, 1.82) is 5.26 Å². The molecule has 1 aromatic rings. The summed E-state index contributed by atoms with van der Waals surface area (Å²) in [5.41, 5.74) is 1.81. The first kappa shape index (κ1) is 15.6. The van der Waals surface area contributed by atoms with Gasteiger partial charge in [0.1, 0.15) is 16.7 Å². The zero-order chi connectivity index (χ0) is 15.2. The van der Waals surface area contributed by atoms with Gasteiger partial charge >= 0.3 is 0 Å². The van der Waals surface area contributed by atoms with E-state index in [-0.39, 0.29) is 0 Å². The van der Waals surface area contributed by atoms with Crippen molar-refractivity contribution < 1.29 is 4.74 Å². The van der Waals surface area contributed by atoms with Crippen molar-refractivity contribution in [2.45, 2.75) is 17.9 Å². The highest BCUT2D eigenvalue weighted by Crippen LogP contribution is 2.30. The summed E-state index contributed by atoms with van der Waals surface area (Å²) in [5, 5.41) is 10.4. The van der Waals surface area contributed by atoms with Gasteiger partial charge in [0.2, 0.25) is 0 Å². The van der Waals surface area contributed by atoms with Crippen molar-refractivity contribution in [3.63, 3.8) is 0 Å². The molecule has 3 heterocycles. The fraction of sp³-hybridized carbons (Fsp3) is 0.625. The van der Waals surface area contributed by atoms with Crippen molar-refractivity contribution in [1.82, 2.24) is 9.88 Å². The van der Waals surface area contributed by atoms with E-state index in [9.17, 15) is 5.26 Å². The first-order valence-electron chi connectivity index (χ1n) is 7.95. The first-order valence-corrected chi connectivity index (χ1v) is 8.94. The number of thioether (sulfide) groups is 1. The summed E-state index contributed by atoms with van der Waals surface area (Å²) >= 11 is 1.70. The Kier molecular flexibility index (Phi) is 5.54. The lowest BCUT2D eigenvalue weighted by Gasteiger charge is -2.26. The van der Waals surface area contributed by atoms with Crippen LogP contribution in [-0.4, -0.2) is 61.6 Å². The van der Waals surface area contributed by atoms with Gasteiger partial charge in [0.25, 0.3) is 0 Å². The Morgan fingerprint density at radius 1 is 1.23 bits per heavy atom. The third-order valence-corrected chi connectivity index (χ3v) is 5.17. The number of aromatic nitrogens is 1. The van der Waals surface area contributed by atoms with E-state index in [0.717, 1.165) is 68.0 Å². The molecule has 2 aliphatic rings. The molecule has 0 unspecified atom stereocenters. The monoisotopic (exact) mass is 318 g/mol. The molecule has 118 valence electrons. The van der Waals surface area contributed by atoms with Crippen LogP contribution in [0.3, 0.4) is 0 Å². The summed E-state index contributed by atoms with van der Waals surface area (Å²) in [5.74, 6) is 0.963. The van der Waals surface area contributed by atoms with Crippen molar-refractivity contribution in [2.24, 2.45) is 0 Å². The van der Waals surface area contributed by atoms with Gasteiger partial charge in [-0.1, -0.05) is 0 Å². The van der Waals surface area contributed by atoms with Gasteiger partial charge in [0.05, 0.1) is 18.9 Å². The number of anilines is 1. The van der Waals surface area contributed by atoms with Crippen LogP contribution in [0.1, 0.15) is 18.4 Å². The molecule has 5 nitrogen and oxygen atoms in total. The number of hydrogen-bond acceptors (Lipinski definition) is 6. The van der Waals surface area contributed by atoms with Crippen LogP contribution in [0.2, 0.25) is 0 Å². The predicted octanol–water partition coefficient (Wildman–Crippen LogP) is 1.98. The lowest BCUT2D eigenvalue weighted by molar-refractivity contribution is 0.0410. The van der Waals surface area contributed by atoms with E-state index in [1.807, 2.05) is 12.3 Å². The van der Waals surface area contributed by atoms with Crippen molar-refractivity contribution in [3.8, 4) is 6.07 Å². The predicted molar refractivity (Wildman–Crippen MR) is 88.4 cm³/mol. The third kappa shape index (κ3) is 3.72. The van der Waals surface area contributed by atoms with Crippen LogP contribution < -0.4 is 4.90 Å². The molecule has 0 bridgehead atoms. The third-order valence-electron chi connectivity index (χ3n) is 4.20. The Bertz CT molecular complexity index is 533.